The third kappa shape index (κ3) is 5.38. The lowest BCUT2D eigenvalue weighted by Crippen LogP contribution is -2.21. The van der Waals surface area contributed by atoms with Crippen molar-refractivity contribution < 1.29 is 28.8 Å². The van der Waals surface area contributed by atoms with Gasteiger partial charge >= 0.3 is 12.0 Å². The van der Waals surface area contributed by atoms with Gasteiger partial charge in [-0.05, 0) is 56.6 Å². The van der Waals surface area contributed by atoms with Gasteiger partial charge in [-0.2, -0.15) is 4.98 Å². The maximum absolute atomic E-state index is 11.6. The number of pyridine rings is 1. The van der Waals surface area contributed by atoms with Crippen molar-refractivity contribution in [1.29, 1.82) is 0 Å². The average molecular weight is 537 g/mol. The Hall–Kier alpha value is -3.80. The van der Waals surface area contributed by atoms with Gasteiger partial charge in [-0.3, -0.25) is 4.79 Å². The summed E-state index contributed by atoms with van der Waals surface area (Å²) >= 11 is 0. The fourth-order valence-electron chi connectivity index (χ4n) is 6.03. The second-order valence-electron chi connectivity index (χ2n) is 10.5. The molecule has 206 valence electrons. The number of ether oxygens (including phenoxy) is 4. The van der Waals surface area contributed by atoms with Crippen molar-refractivity contribution in [3.63, 3.8) is 0 Å². The highest BCUT2D eigenvalue weighted by molar-refractivity contribution is 5.71. The molecule has 4 unspecified atom stereocenters. The van der Waals surface area contributed by atoms with Crippen LogP contribution in [-0.2, 0) is 23.2 Å². The Bertz CT molecular complexity index is 1340. The molecule has 39 heavy (non-hydrogen) atoms. The van der Waals surface area contributed by atoms with Crippen molar-refractivity contribution in [2.24, 2.45) is 24.8 Å². The van der Waals surface area contributed by atoms with E-state index in [0.717, 1.165) is 43.5 Å². The number of carboxylic acid groups (broad SMARTS) is 1. The van der Waals surface area contributed by atoms with Gasteiger partial charge in [0.25, 0.3) is 0 Å². The predicted molar refractivity (Wildman–Crippen MR) is 136 cm³/mol. The molecule has 3 aromatic rings. The van der Waals surface area contributed by atoms with Gasteiger partial charge in [-0.1, -0.05) is 5.21 Å². The number of hydrogen-bond donors (Lipinski definition) is 1. The minimum Gasteiger partial charge on any atom is -0.489 e. The quantitative estimate of drug-likeness (QED) is 0.431. The SMILES string of the molecule is Cc1nc(-c2nnn(C)c2COc2nccc(O[C@@H]3CCOC3)n2)ccc1OC1CC2CCC(C(=O)O)C2C1. The third-order valence-corrected chi connectivity index (χ3v) is 8.03. The molecule has 0 radical (unpaired) electrons. The summed E-state index contributed by atoms with van der Waals surface area (Å²) in [6.45, 7) is 3.28. The molecule has 0 amide bonds. The Balaban J connectivity index is 1.11. The molecule has 1 saturated heterocycles. The van der Waals surface area contributed by atoms with E-state index in [9.17, 15) is 9.90 Å². The zero-order valence-corrected chi connectivity index (χ0v) is 22.0. The summed E-state index contributed by atoms with van der Waals surface area (Å²) in [6.07, 6.45) is 5.82. The largest absolute Gasteiger partial charge is 0.489 e. The number of nitrogens with zero attached hydrogens (tertiary/aromatic N) is 6. The van der Waals surface area contributed by atoms with Gasteiger partial charge in [0.15, 0.2) is 0 Å². The monoisotopic (exact) mass is 536 g/mol. The maximum atomic E-state index is 11.6. The van der Waals surface area contributed by atoms with E-state index in [1.807, 2.05) is 19.1 Å². The first kappa shape index (κ1) is 25.5. The number of aromatic nitrogens is 6. The topological polar surface area (TPSA) is 144 Å². The van der Waals surface area contributed by atoms with Crippen LogP contribution in [0.15, 0.2) is 24.4 Å². The minimum absolute atomic E-state index is 0.00918. The van der Waals surface area contributed by atoms with Crippen LogP contribution in [0.25, 0.3) is 11.4 Å². The summed E-state index contributed by atoms with van der Waals surface area (Å²) in [7, 11) is 1.79. The number of fused-ring (bicyclic) bond motifs is 1. The summed E-state index contributed by atoms with van der Waals surface area (Å²) < 4.78 is 25.0. The molecule has 2 aliphatic carbocycles. The van der Waals surface area contributed by atoms with Crippen LogP contribution in [0.3, 0.4) is 0 Å². The van der Waals surface area contributed by atoms with E-state index in [4.69, 9.17) is 23.9 Å². The first-order valence-electron chi connectivity index (χ1n) is 13.4. The van der Waals surface area contributed by atoms with E-state index in [0.29, 0.717) is 42.1 Å². The standard InChI is InChI=1S/C27H32N6O6/c1-15-23(38-18-11-16-3-4-19(26(34)35)20(16)12-18)6-5-21(29-15)25-22(33(2)32-31-25)14-37-27-28-9-7-24(30-27)39-17-8-10-36-13-17/h5-7,9,16-20H,3-4,8,10-14H2,1-2H3,(H,34,35)/t16?,17-,18?,19?,20?/m1/s1. The lowest BCUT2D eigenvalue weighted by Gasteiger charge is -2.18. The molecular formula is C27H32N6O6. The van der Waals surface area contributed by atoms with E-state index in [1.54, 1.807) is 24.0 Å². The van der Waals surface area contributed by atoms with Gasteiger partial charge in [0.2, 0.25) is 5.88 Å². The van der Waals surface area contributed by atoms with E-state index in [1.165, 1.54) is 0 Å². The molecule has 2 saturated carbocycles. The number of rotatable bonds is 9. The zero-order chi connectivity index (χ0) is 26.9. The van der Waals surface area contributed by atoms with Crippen LogP contribution < -0.4 is 14.2 Å². The molecule has 12 heteroatoms. The Morgan fingerprint density at radius 2 is 2.03 bits per heavy atom. The van der Waals surface area contributed by atoms with Crippen LogP contribution in [0.5, 0.6) is 17.6 Å². The normalized spacial score (nSPS) is 25.9. The lowest BCUT2D eigenvalue weighted by molar-refractivity contribution is -0.143. The highest BCUT2D eigenvalue weighted by Gasteiger charge is 2.47. The number of hydrogen-bond acceptors (Lipinski definition) is 10. The molecule has 4 heterocycles. The highest BCUT2D eigenvalue weighted by Crippen LogP contribution is 2.48. The van der Waals surface area contributed by atoms with Crippen molar-refractivity contribution >= 4 is 5.97 Å². The Morgan fingerprint density at radius 3 is 2.82 bits per heavy atom. The van der Waals surface area contributed by atoms with Gasteiger partial charge in [0, 0.05) is 25.7 Å². The van der Waals surface area contributed by atoms with Crippen molar-refractivity contribution in [2.45, 2.75) is 57.8 Å². The van der Waals surface area contributed by atoms with Crippen LogP contribution in [0.2, 0.25) is 0 Å². The van der Waals surface area contributed by atoms with Crippen LogP contribution in [-0.4, -0.2) is 66.4 Å². The molecule has 3 aromatic heterocycles. The Labute approximate surface area is 225 Å². The Kier molecular flexibility index (Phi) is 7.03. The predicted octanol–water partition coefficient (Wildman–Crippen LogP) is 2.99. The molecule has 12 nitrogen and oxygen atoms in total. The maximum Gasteiger partial charge on any atom is 0.320 e. The van der Waals surface area contributed by atoms with Crippen molar-refractivity contribution in [3.05, 3.63) is 35.8 Å². The second kappa shape index (κ2) is 10.8. The summed E-state index contributed by atoms with van der Waals surface area (Å²) in [6, 6.07) is 5.65. The van der Waals surface area contributed by atoms with E-state index >= 15 is 0 Å². The first-order chi connectivity index (χ1) is 18.9. The number of aliphatic carboxylic acids is 1. The smallest absolute Gasteiger partial charge is 0.320 e. The van der Waals surface area contributed by atoms with Crippen LogP contribution in [0, 0.1) is 24.7 Å². The molecular weight excluding hydrogens is 504 g/mol. The van der Waals surface area contributed by atoms with Gasteiger partial charge < -0.3 is 24.1 Å². The van der Waals surface area contributed by atoms with Gasteiger partial charge in [0.05, 0.1) is 36.6 Å². The molecule has 0 bridgehead atoms. The van der Waals surface area contributed by atoms with Crippen molar-refractivity contribution in [2.75, 3.05) is 13.2 Å². The van der Waals surface area contributed by atoms with Gasteiger partial charge in [0.1, 0.15) is 29.8 Å². The lowest BCUT2D eigenvalue weighted by atomic mass is 9.92. The minimum atomic E-state index is -0.680. The molecule has 0 spiro atoms. The average Bonchev–Trinajstić information content (AvgIpc) is 3.70. The molecule has 6 rings (SSSR count). The molecule has 0 aromatic carbocycles. The zero-order valence-electron chi connectivity index (χ0n) is 22.0. The molecule has 3 fully saturated rings. The highest BCUT2D eigenvalue weighted by atomic mass is 16.6. The summed E-state index contributed by atoms with van der Waals surface area (Å²) in [5, 5.41) is 18.0. The van der Waals surface area contributed by atoms with Gasteiger partial charge in [-0.15, -0.1) is 5.10 Å². The summed E-state index contributed by atoms with van der Waals surface area (Å²) in [5.74, 6) is 0.853. The third-order valence-electron chi connectivity index (χ3n) is 8.03. The summed E-state index contributed by atoms with van der Waals surface area (Å²) in [4.78, 5) is 24.9. The fraction of sp³-hybridized carbons (Fsp3) is 0.556. The first-order valence-corrected chi connectivity index (χ1v) is 13.4. The van der Waals surface area contributed by atoms with Crippen LogP contribution in [0.4, 0.5) is 0 Å². The molecule has 5 atom stereocenters. The van der Waals surface area contributed by atoms with Crippen LogP contribution >= 0.6 is 0 Å². The molecule has 3 aliphatic rings. The van der Waals surface area contributed by atoms with Crippen molar-refractivity contribution in [3.8, 4) is 29.0 Å². The fourth-order valence-corrected chi connectivity index (χ4v) is 6.03. The van der Waals surface area contributed by atoms with Crippen molar-refractivity contribution in [1.82, 2.24) is 29.9 Å². The molecule has 1 N–H and O–H groups in total. The number of carbonyl (C=O) groups is 1. The second-order valence-corrected chi connectivity index (χ2v) is 10.5. The number of carboxylic acids is 1. The van der Waals surface area contributed by atoms with E-state index in [-0.39, 0.29) is 36.7 Å². The Morgan fingerprint density at radius 1 is 1.13 bits per heavy atom. The molecule has 1 aliphatic heterocycles. The summed E-state index contributed by atoms with van der Waals surface area (Å²) in [5.41, 5.74) is 2.71. The van der Waals surface area contributed by atoms with E-state index in [2.05, 4.69) is 20.3 Å². The van der Waals surface area contributed by atoms with Gasteiger partial charge in [-0.25, -0.2) is 14.6 Å². The van der Waals surface area contributed by atoms with Crippen LogP contribution in [0.1, 0.15) is 43.5 Å². The van der Waals surface area contributed by atoms with E-state index < -0.39 is 5.97 Å². The number of aryl methyl sites for hydroxylation is 2.